The van der Waals surface area contributed by atoms with Crippen LogP contribution in [0.2, 0.25) is 0 Å². The van der Waals surface area contributed by atoms with E-state index in [-0.39, 0.29) is 17.4 Å². The highest BCUT2D eigenvalue weighted by Gasteiger charge is 2.20. The first-order valence-corrected chi connectivity index (χ1v) is 9.28. The van der Waals surface area contributed by atoms with E-state index in [1.807, 2.05) is 13.8 Å². The molecule has 0 saturated heterocycles. The van der Waals surface area contributed by atoms with E-state index in [1.54, 1.807) is 0 Å². The van der Waals surface area contributed by atoms with Gasteiger partial charge in [0.05, 0.1) is 39.6 Å². The summed E-state index contributed by atoms with van der Waals surface area (Å²) in [4.78, 5) is 22.6. The van der Waals surface area contributed by atoms with Crippen molar-refractivity contribution in [1.82, 2.24) is 10.6 Å². The van der Waals surface area contributed by atoms with Crippen molar-refractivity contribution < 1.29 is 28.5 Å². The van der Waals surface area contributed by atoms with Crippen molar-refractivity contribution in [3.63, 3.8) is 0 Å². The summed E-state index contributed by atoms with van der Waals surface area (Å²) >= 11 is 1.17. The summed E-state index contributed by atoms with van der Waals surface area (Å²) in [5.74, 6) is -0.0456. The molecule has 0 aromatic heterocycles. The number of hydrogen-bond donors (Lipinski definition) is 4. The van der Waals surface area contributed by atoms with E-state index in [2.05, 4.69) is 15.4 Å². The zero-order valence-corrected chi connectivity index (χ0v) is 16.4. The normalized spacial score (nSPS) is 11.2. The molecule has 0 bridgehead atoms. The fourth-order valence-electron chi connectivity index (χ4n) is 1.65. The van der Waals surface area contributed by atoms with Gasteiger partial charge in [0.2, 0.25) is 5.91 Å². The summed E-state index contributed by atoms with van der Waals surface area (Å²) in [5, 5.41) is 10.8. The highest BCUT2D eigenvalue weighted by Crippen LogP contribution is 2.22. The van der Waals surface area contributed by atoms with Crippen LogP contribution in [0.4, 0.5) is 4.79 Å². The summed E-state index contributed by atoms with van der Waals surface area (Å²) < 4.78 is 20.1. The van der Waals surface area contributed by atoms with Gasteiger partial charge in [0.25, 0.3) is 0 Å². The smallest absolute Gasteiger partial charge is 0.408 e. The quantitative estimate of drug-likeness (QED) is 0.155. The van der Waals surface area contributed by atoms with E-state index >= 15 is 0 Å². The first-order valence-electron chi connectivity index (χ1n) is 8.40. The number of nitrogens with one attached hydrogen (secondary N) is 2. The molecule has 0 unspecified atom stereocenters. The molecule has 154 valence electrons. The number of hydrogen-bond acceptors (Lipinski definition) is 9. The molecule has 6 N–H and O–H groups in total. The van der Waals surface area contributed by atoms with Gasteiger partial charge in [-0.25, -0.2) is 4.79 Å². The minimum Gasteiger partial charge on any atom is -0.434 e. The van der Waals surface area contributed by atoms with Gasteiger partial charge >= 0.3 is 6.09 Å². The summed E-state index contributed by atoms with van der Waals surface area (Å²) in [6.45, 7) is 6.98. The molecule has 0 aromatic carbocycles. The third-order valence-electron chi connectivity index (χ3n) is 2.95. The number of nitrogens with two attached hydrogens (primary N) is 2. The van der Waals surface area contributed by atoms with Crippen LogP contribution in [0.3, 0.4) is 0 Å². The molecular weight excluding hydrogens is 364 g/mol. The van der Waals surface area contributed by atoms with Crippen molar-refractivity contribution >= 4 is 23.9 Å². The van der Waals surface area contributed by atoms with E-state index in [0.29, 0.717) is 59.2 Å². The van der Waals surface area contributed by atoms with Gasteiger partial charge in [-0.2, -0.15) is 0 Å². The molecule has 0 aliphatic carbocycles. The summed E-state index contributed by atoms with van der Waals surface area (Å²) in [6.07, 6.45) is -0.205. The monoisotopic (exact) mass is 396 g/mol. The predicted molar refractivity (Wildman–Crippen MR) is 99.5 cm³/mol. The molecule has 0 fully saturated rings. The molecule has 11 heteroatoms. The average molecular weight is 397 g/mol. The maximum Gasteiger partial charge on any atom is 0.408 e. The van der Waals surface area contributed by atoms with Crippen molar-refractivity contribution in [3.05, 3.63) is 0 Å². The van der Waals surface area contributed by atoms with Gasteiger partial charge in [-0.15, -0.1) is 0 Å². The van der Waals surface area contributed by atoms with Crippen molar-refractivity contribution in [2.24, 2.45) is 10.9 Å². The number of alkyl carbamates (subject to hydrolysis) is 1. The third kappa shape index (κ3) is 16.4. The molecule has 0 aliphatic rings. The summed E-state index contributed by atoms with van der Waals surface area (Å²) in [5.41, 5.74) is 5.04. The molecule has 0 saturated carbocycles. The highest BCUT2D eigenvalue weighted by atomic mass is 32.2. The first kappa shape index (κ1) is 24.9. The van der Waals surface area contributed by atoms with Gasteiger partial charge in [0.15, 0.2) is 0 Å². The van der Waals surface area contributed by atoms with Crippen LogP contribution < -0.4 is 21.5 Å². The molecule has 2 amide bonds. The standard InChI is InChI=1S/C15H32N4O6S/c1-15(2,26-17)11-13(20)18-3-5-22-7-9-24-10-8-23-6-4-19-14(21)25-12-16/h3-12,16-17H2,1-2H3,(H,18,20)(H,19,21). The Kier molecular flexibility index (Phi) is 15.4. The number of carbonyl (C=O) groups is 2. The molecule has 0 aliphatic heterocycles. The van der Waals surface area contributed by atoms with Crippen LogP contribution in [0.25, 0.3) is 0 Å². The van der Waals surface area contributed by atoms with Crippen LogP contribution in [0.15, 0.2) is 0 Å². The van der Waals surface area contributed by atoms with Gasteiger partial charge in [-0.05, 0) is 13.8 Å². The number of amides is 2. The number of rotatable bonds is 16. The van der Waals surface area contributed by atoms with Crippen LogP contribution in [0.1, 0.15) is 20.3 Å². The summed E-state index contributed by atoms with van der Waals surface area (Å²) in [7, 11) is 0. The minimum atomic E-state index is -0.567. The Hall–Kier alpha value is -1.11. The molecule has 0 heterocycles. The Morgan fingerprint density at radius 3 is 1.92 bits per heavy atom. The van der Waals surface area contributed by atoms with E-state index < -0.39 is 6.09 Å². The van der Waals surface area contributed by atoms with Gasteiger partial charge in [0, 0.05) is 24.3 Å². The predicted octanol–water partition coefficient (Wildman–Crippen LogP) is -0.430. The van der Waals surface area contributed by atoms with Gasteiger partial charge in [0.1, 0.15) is 6.73 Å². The largest absolute Gasteiger partial charge is 0.434 e. The number of carbonyl (C=O) groups excluding carboxylic acids is 2. The van der Waals surface area contributed by atoms with Gasteiger partial charge in [-0.3, -0.25) is 15.7 Å². The van der Waals surface area contributed by atoms with Crippen LogP contribution in [0, 0.1) is 0 Å². The molecule has 0 spiro atoms. The van der Waals surface area contributed by atoms with Crippen LogP contribution in [0.5, 0.6) is 0 Å². The van der Waals surface area contributed by atoms with Crippen LogP contribution in [-0.2, 0) is 23.7 Å². The fourth-order valence-corrected chi connectivity index (χ4v) is 1.86. The molecule has 0 atom stereocenters. The first-order chi connectivity index (χ1) is 12.4. The maximum atomic E-state index is 11.7. The van der Waals surface area contributed by atoms with Crippen molar-refractivity contribution in [2.75, 3.05) is 59.5 Å². The fraction of sp³-hybridized carbons (Fsp3) is 0.867. The lowest BCUT2D eigenvalue weighted by molar-refractivity contribution is -0.121. The molecule has 0 aromatic rings. The van der Waals surface area contributed by atoms with E-state index in [4.69, 9.17) is 25.1 Å². The Labute approximate surface area is 159 Å². The summed E-state index contributed by atoms with van der Waals surface area (Å²) in [6, 6.07) is 0. The lowest BCUT2D eigenvalue weighted by atomic mass is 10.1. The Balaban J connectivity index is 3.27. The second-order valence-electron chi connectivity index (χ2n) is 5.77. The Bertz CT molecular complexity index is 387. The molecule has 10 nitrogen and oxygen atoms in total. The van der Waals surface area contributed by atoms with Gasteiger partial charge < -0.3 is 29.6 Å². The van der Waals surface area contributed by atoms with E-state index in [9.17, 15) is 9.59 Å². The minimum absolute atomic E-state index is 0.0456. The van der Waals surface area contributed by atoms with E-state index in [0.717, 1.165) is 0 Å². The van der Waals surface area contributed by atoms with Gasteiger partial charge in [-0.1, -0.05) is 11.9 Å². The second kappa shape index (κ2) is 16.1. The topological polar surface area (TPSA) is 147 Å². The maximum absolute atomic E-state index is 11.7. The van der Waals surface area contributed by atoms with Crippen molar-refractivity contribution in [2.45, 2.75) is 25.0 Å². The van der Waals surface area contributed by atoms with E-state index in [1.165, 1.54) is 11.9 Å². The second-order valence-corrected chi connectivity index (χ2v) is 7.11. The number of ether oxygens (including phenoxy) is 4. The van der Waals surface area contributed by atoms with Crippen molar-refractivity contribution in [1.29, 1.82) is 0 Å². The van der Waals surface area contributed by atoms with Crippen LogP contribution in [-0.4, -0.2) is 76.2 Å². The molecular formula is C15H32N4O6S. The van der Waals surface area contributed by atoms with Crippen LogP contribution >= 0.6 is 11.9 Å². The zero-order chi connectivity index (χ0) is 19.7. The lowest BCUT2D eigenvalue weighted by Gasteiger charge is -2.20. The highest BCUT2D eigenvalue weighted by molar-refractivity contribution is 7.98. The average Bonchev–Trinajstić information content (AvgIpc) is 2.58. The SMILES string of the molecule is CC(C)(CC(=O)NCCOCCOCCOCCNC(=O)OCN)SN. The third-order valence-corrected chi connectivity index (χ3v) is 3.73. The molecule has 0 rings (SSSR count). The Morgan fingerprint density at radius 1 is 0.923 bits per heavy atom. The Morgan fingerprint density at radius 2 is 1.42 bits per heavy atom. The molecule has 26 heavy (non-hydrogen) atoms. The lowest BCUT2D eigenvalue weighted by Crippen LogP contribution is -2.33. The molecule has 0 radical (unpaired) electrons. The van der Waals surface area contributed by atoms with Crippen molar-refractivity contribution in [3.8, 4) is 0 Å². The zero-order valence-electron chi connectivity index (χ0n) is 15.6.